The summed E-state index contributed by atoms with van der Waals surface area (Å²) in [5.41, 5.74) is 1.30. The number of carbonyl (C=O) groups is 1. The highest BCUT2D eigenvalue weighted by Crippen LogP contribution is 2.27. The standard InChI is InChI=1S/C12H16ClNO3S/c1-8(13)10-6-4-5-7-11(10)14-12(15)9(2)18(3,16)17/h4-9H,1-3H3,(H,14,15). The Balaban J connectivity index is 2.96. The van der Waals surface area contributed by atoms with Crippen LogP contribution in [-0.4, -0.2) is 25.8 Å². The number of alkyl halides is 1. The van der Waals surface area contributed by atoms with Gasteiger partial charge in [-0.25, -0.2) is 8.42 Å². The van der Waals surface area contributed by atoms with Gasteiger partial charge in [0.2, 0.25) is 5.91 Å². The summed E-state index contributed by atoms with van der Waals surface area (Å²) in [4.78, 5) is 11.8. The highest BCUT2D eigenvalue weighted by molar-refractivity contribution is 7.92. The number of nitrogens with one attached hydrogen (secondary N) is 1. The Labute approximate surface area is 112 Å². The van der Waals surface area contributed by atoms with E-state index in [1.807, 2.05) is 6.07 Å². The van der Waals surface area contributed by atoms with Gasteiger partial charge in [0, 0.05) is 11.9 Å². The summed E-state index contributed by atoms with van der Waals surface area (Å²) in [6.45, 7) is 3.14. The zero-order chi connectivity index (χ0) is 13.9. The molecule has 1 N–H and O–H groups in total. The molecule has 2 atom stereocenters. The van der Waals surface area contributed by atoms with Crippen LogP contribution in [0.1, 0.15) is 24.8 Å². The summed E-state index contributed by atoms with van der Waals surface area (Å²) in [5, 5.41) is 1.24. The smallest absolute Gasteiger partial charge is 0.242 e. The maximum atomic E-state index is 11.8. The molecule has 0 aliphatic heterocycles. The Morgan fingerprint density at radius 3 is 2.33 bits per heavy atom. The van der Waals surface area contributed by atoms with Crippen LogP contribution in [0.15, 0.2) is 24.3 Å². The summed E-state index contributed by atoms with van der Waals surface area (Å²) in [6.07, 6.45) is 1.04. The molecular weight excluding hydrogens is 274 g/mol. The van der Waals surface area contributed by atoms with E-state index in [1.165, 1.54) is 6.92 Å². The topological polar surface area (TPSA) is 63.2 Å². The molecule has 6 heteroatoms. The molecule has 18 heavy (non-hydrogen) atoms. The van der Waals surface area contributed by atoms with Crippen molar-refractivity contribution in [2.45, 2.75) is 24.5 Å². The van der Waals surface area contributed by atoms with Crippen LogP contribution < -0.4 is 5.32 Å². The van der Waals surface area contributed by atoms with Gasteiger partial charge in [0.15, 0.2) is 9.84 Å². The van der Waals surface area contributed by atoms with E-state index in [0.29, 0.717) is 5.69 Å². The van der Waals surface area contributed by atoms with Gasteiger partial charge in [-0.3, -0.25) is 4.79 Å². The molecule has 0 saturated carbocycles. The third-order valence-corrected chi connectivity index (χ3v) is 4.39. The van der Waals surface area contributed by atoms with E-state index in [9.17, 15) is 13.2 Å². The van der Waals surface area contributed by atoms with Gasteiger partial charge in [-0.05, 0) is 25.5 Å². The largest absolute Gasteiger partial charge is 0.325 e. The number of amides is 1. The lowest BCUT2D eigenvalue weighted by atomic mass is 10.1. The van der Waals surface area contributed by atoms with E-state index in [-0.39, 0.29) is 5.38 Å². The number of rotatable bonds is 4. The molecule has 100 valence electrons. The number of halogens is 1. The molecule has 1 aromatic rings. The first-order chi connectivity index (χ1) is 8.23. The highest BCUT2D eigenvalue weighted by atomic mass is 35.5. The van der Waals surface area contributed by atoms with Crippen molar-refractivity contribution in [1.29, 1.82) is 0 Å². The predicted octanol–water partition coefficient (Wildman–Crippen LogP) is 2.36. The maximum absolute atomic E-state index is 11.8. The molecule has 0 aliphatic rings. The number of anilines is 1. The number of hydrogen-bond donors (Lipinski definition) is 1. The predicted molar refractivity (Wildman–Crippen MR) is 73.6 cm³/mol. The fraction of sp³-hybridized carbons (Fsp3) is 0.417. The summed E-state index contributed by atoms with van der Waals surface area (Å²) in [6, 6.07) is 7.05. The molecule has 0 heterocycles. The number of para-hydroxylation sites is 1. The van der Waals surface area contributed by atoms with Crippen LogP contribution >= 0.6 is 11.6 Å². The van der Waals surface area contributed by atoms with Gasteiger partial charge in [0.25, 0.3) is 0 Å². The van der Waals surface area contributed by atoms with Crippen LogP contribution in [0.4, 0.5) is 5.69 Å². The fourth-order valence-electron chi connectivity index (χ4n) is 1.39. The SMILES string of the molecule is CC(Cl)c1ccccc1NC(=O)C(C)S(C)(=O)=O. The van der Waals surface area contributed by atoms with E-state index >= 15 is 0 Å². The monoisotopic (exact) mass is 289 g/mol. The Hall–Kier alpha value is -1.07. The molecule has 2 unspecified atom stereocenters. The summed E-state index contributed by atoms with van der Waals surface area (Å²) in [5.74, 6) is -0.553. The molecule has 0 spiro atoms. The van der Waals surface area contributed by atoms with Crippen LogP contribution in [0.3, 0.4) is 0 Å². The Bertz CT molecular complexity index is 540. The van der Waals surface area contributed by atoms with Crippen LogP contribution in [0.2, 0.25) is 0 Å². The van der Waals surface area contributed by atoms with Crippen molar-refractivity contribution in [2.24, 2.45) is 0 Å². The number of carbonyl (C=O) groups excluding carboxylic acids is 1. The molecule has 0 radical (unpaired) electrons. The average molecular weight is 290 g/mol. The van der Waals surface area contributed by atoms with Crippen molar-refractivity contribution in [1.82, 2.24) is 0 Å². The lowest BCUT2D eigenvalue weighted by Crippen LogP contribution is -2.32. The molecule has 0 aliphatic carbocycles. The molecule has 1 rings (SSSR count). The van der Waals surface area contributed by atoms with Gasteiger partial charge in [0.1, 0.15) is 5.25 Å². The van der Waals surface area contributed by atoms with Crippen molar-refractivity contribution >= 4 is 33.0 Å². The van der Waals surface area contributed by atoms with E-state index in [0.717, 1.165) is 11.8 Å². The second-order valence-electron chi connectivity index (χ2n) is 4.16. The molecule has 0 saturated heterocycles. The van der Waals surface area contributed by atoms with Crippen molar-refractivity contribution in [3.8, 4) is 0 Å². The molecule has 1 amide bonds. The molecule has 0 fully saturated rings. The molecule has 0 aromatic heterocycles. The van der Waals surface area contributed by atoms with E-state index in [4.69, 9.17) is 11.6 Å². The van der Waals surface area contributed by atoms with Crippen LogP contribution in [-0.2, 0) is 14.6 Å². The van der Waals surface area contributed by atoms with Crippen LogP contribution in [0.25, 0.3) is 0 Å². The minimum Gasteiger partial charge on any atom is -0.325 e. The normalized spacial score (nSPS) is 14.9. The molecule has 0 bridgehead atoms. The average Bonchev–Trinajstić information content (AvgIpc) is 2.27. The lowest BCUT2D eigenvalue weighted by molar-refractivity contribution is -0.115. The summed E-state index contributed by atoms with van der Waals surface area (Å²) in [7, 11) is -3.40. The van der Waals surface area contributed by atoms with Gasteiger partial charge in [-0.1, -0.05) is 18.2 Å². The number of benzene rings is 1. The van der Waals surface area contributed by atoms with Crippen molar-refractivity contribution < 1.29 is 13.2 Å². The van der Waals surface area contributed by atoms with Crippen molar-refractivity contribution in [3.05, 3.63) is 29.8 Å². The third kappa shape index (κ3) is 3.71. The van der Waals surface area contributed by atoms with Crippen LogP contribution in [0.5, 0.6) is 0 Å². The van der Waals surface area contributed by atoms with Crippen molar-refractivity contribution in [3.63, 3.8) is 0 Å². The Kier molecular flexibility index (Phi) is 4.76. The maximum Gasteiger partial charge on any atom is 0.242 e. The van der Waals surface area contributed by atoms with E-state index in [2.05, 4.69) is 5.32 Å². The van der Waals surface area contributed by atoms with Gasteiger partial charge < -0.3 is 5.32 Å². The molecule has 4 nitrogen and oxygen atoms in total. The Morgan fingerprint density at radius 2 is 1.83 bits per heavy atom. The van der Waals surface area contributed by atoms with Gasteiger partial charge in [-0.2, -0.15) is 0 Å². The Morgan fingerprint density at radius 1 is 1.28 bits per heavy atom. The number of sulfone groups is 1. The quantitative estimate of drug-likeness (QED) is 0.866. The van der Waals surface area contributed by atoms with Gasteiger partial charge >= 0.3 is 0 Å². The van der Waals surface area contributed by atoms with Crippen LogP contribution in [0, 0.1) is 0 Å². The summed E-state index contributed by atoms with van der Waals surface area (Å²) >= 11 is 5.99. The zero-order valence-electron chi connectivity index (χ0n) is 10.5. The third-order valence-electron chi connectivity index (χ3n) is 2.66. The van der Waals surface area contributed by atoms with E-state index < -0.39 is 21.0 Å². The highest BCUT2D eigenvalue weighted by Gasteiger charge is 2.24. The fourth-order valence-corrected chi connectivity index (χ4v) is 2.02. The first-order valence-electron chi connectivity index (χ1n) is 5.46. The first kappa shape index (κ1) is 15.0. The minimum atomic E-state index is -3.40. The second-order valence-corrected chi connectivity index (χ2v) is 7.19. The molecule has 1 aromatic carbocycles. The van der Waals surface area contributed by atoms with Gasteiger partial charge in [-0.15, -0.1) is 11.6 Å². The second kappa shape index (κ2) is 5.71. The van der Waals surface area contributed by atoms with Crippen molar-refractivity contribution in [2.75, 3.05) is 11.6 Å². The summed E-state index contributed by atoms with van der Waals surface area (Å²) < 4.78 is 22.6. The number of hydrogen-bond acceptors (Lipinski definition) is 3. The zero-order valence-corrected chi connectivity index (χ0v) is 12.0. The first-order valence-corrected chi connectivity index (χ1v) is 7.85. The molecular formula is C12H16ClNO3S. The van der Waals surface area contributed by atoms with Gasteiger partial charge in [0.05, 0.1) is 5.38 Å². The minimum absolute atomic E-state index is 0.268. The lowest BCUT2D eigenvalue weighted by Gasteiger charge is -2.14. The van der Waals surface area contributed by atoms with E-state index in [1.54, 1.807) is 25.1 Å².